The maximum atomic E-state index is 13.1. The highest BCUT2D eigenvalue weighted by Gasteiger charge is 2.33. The van der Waals surface area contributed by atoms with Gasteiger partial charge in [0.15, 0.2) is 0 Å². The third-order valence-electron chi connectivity index (χ3n) is 5.41. The molecule has 32 heavy (non-hydrogen) atoms. The maximum Gasteiger partial charge on any atom is 0.316 e. The normalized spacial score (nSPS) is 16.5. The first-order valence-electron chi connectivity index (χ1n) is 10.0. The molecule has 1 aliphatic rings. The number of primary amides is 1. The van der Waals surface area contributed by atoms with Crippen LogP contribution >= 0.6 is 0 Å². The minimum Gasteiger partial charge on any atom is -0.467 e. The largest absolute Gasteiger partial charge is 0.467 e. The standard InChI is InChI=1S/C21H27FN8O2/c1-32-20-26-10-16(11-27-20)30-8-6-21(13-23,7-9-30)28-12-17(19(25)31)18(24)29-15-4-2-14(22)3-5-15/h2-5,10-12,28H,6-9,13,23H2,1H3,(H2,24,29)(H2,25,31)/b17-12+. The van der Waals surface area contributed by atoms with Crippen LogP contribution in [0.4, 0.5) is 15.8 Å². The van der Waals surface area contributed by atoms with Crippen molar-refractivity contribution >= 4 is 23.1 Å². The molecular weight excluding hydrogens is 415 g/mol. The van der Waals surface area contributed by atoms with E-state index in [0.29, 0.717) is 44.2 Å². The first-order chi connectivity index (χ1) is 15.4. The van der Waals surface area contributed by atoms with Gasteiger partial charge in [0.05, 0.1) is 42.0 Å². The van der Waals surface area contributed by atoms with Crippen molar-refractivity contribution in [3.05, 3.63) is 54.2 Å². The fraction of sp³-hybridized carbons (Fsp3) is 0.333. The summed E-state index contributed by atoms with van der Waals surface area (Å²) >= 11 is 0. The van der Waals surface area contributed by atoms with E-state index in [1.807, 2.05) is 0 Å². The molecule has 2 heterocycles. The van der Waals surface area contributed by atoms with E-state index in [1.54, 1.807) is 12.4 Å². The van der Waals surface area contributed by atoms with Gasteiger partial charge in [-0.15, -0.1) is 0 Å². The molecule has 2 aromatic rings. The van der Waals surface area contributed by atoms with Gasteiger partial charge in [-0.3, -0.25) is 4.79 Å². The van der Waals surface area contributed by atoms with E-state index in [-0.39, 0.29) is 11.4 Å². The molecule has 10 nitrogen and oxygen atoms in total. The van der Waals surface area contributed by atoms with Gasteiger partial charge in [0.1, 0.15) is 11.7 Å². The molecule has 1 aromatic heterocycles. The first kappa shape index (κ1) is 22.9. The monoisotopic (exact) mass is 442 g/mol. The minimum atomic E-state index is -0.735. The van der Waals surface area contributed by atoms with E-state index < -0.39 is 17.3 Å². The Morgan fingerprint density at radius 3 is 2.41 bits per heavy atom. The van der Waals surface area contributed by atoms with Crippen LogP contribution in [-0.4, -0.2) is 54.0 Å². The van der Waals surface area contributed by atoms with Crippen molar-refractivity contribution in [2.24, 2.45) is 22.2 Å². The van der Waals surface area contributed by atoms with Crippen LogP contribution in [0.15, 0.2) is 53.4 Å². The highest BCUT2D eigenvalue weighted by Crippen LogP contribution is 2.26. The summed E-state index contributed by atoms with van der Waals surface area (Å²) in [6, 6.07) is 5.72. The average Bonchev–Trinajstić information content (AvgIpc) is 2.81. The molecule has 1 aromatic carbocycles. The third kappa shape index (κ3) is 5.49. The lowest BCUT2D eigenvalue weighted by molar-refractivity contribution is -0.114. The van der Waals surface area contributed by atoms with Gasteiger partial charge in [-0.05, 0) is 37.1 Å². The molecule has 1 fully saturated rings. The van der Waals surface area contributed by atoms with Gasteiger partial charge in [0.25, 0.3) is 5.91 Å². The molecule has 0 bridgehead atoms. The Balaban J connectivity index is 1.71. The number of aromatic nitrogens is 2. The molecule has 1 aliphatic heterocycles. The number of halogens is 1. The molecule has 0 atom stereocenters. The molecular formula is C21H27FN8O2. The topological polar surface area (TPSA) is 158 Å². The van der Waals surface area contributed by atoms with Crippen molar-refractivity contribution < 1.29 is 13.9 Å². The van der Waals surface area contributed by atoms with Crippen molar-refractivity contribution in [1.29, 1.82) is 0 Å². The SMILES string of the molecule is COc1ncc(N2CCC(CN)(N/C=C(/C(N)=O)C(N)=Nc3ccc(F)cc3)CC2)cn1. The number of hydrogen-bond acceptors (Lipinski definition) is 8. The van der Waals surface area contributed by atoms with Crippen molar-refractivity contribution in [2.45, 2.75) is 18.4 Å². The second-order valence-electron chi connectivity index (χ2n) is 7.44. The number of benzene rings is 1. The van der Waals surface area contributed by atoms with Crippen molar-refractivity contribution in [2.75, 3.05) is 31.6 Å². The number of ether oxygens (including phenoxy) is 1. The number of piperidine rings is 1. The van der Waals surface area contributed by atoms with Gasteiger partial charge in [-0.25, -0.2) is 19.4 Å². The Bertz CT molecular complexity index is 984. The van der Waals surface area contributed by atoms with E-state index >= 15 is 0 Å². The molecule has 0 unspecified atom stereocenters. The van der Waals surface area contributed by atoms with E-state index in [2.05, 4.69) is 25.2 Å². The number of methoxy groups -OCH3 is 1. The van der Waals surface area contributed by atoms with Gasteiger partial charge in [0.2, 0.25) is 0 Å². The number of carbonyl (C=O) groups excluding carboxylic acids is 1. The fourth-order valence-electron chi connectivity index (χ4n) is 3.39. The van der Waals surface area contributed by atoms with Gasteiger partial charge in [-0.1, -0.05) is 0 Å². The second-order valence-corrected chi connectivity index (χ2v) is 7.44. The van der Waals surface area contributed by atoms with Crippen LogP contribution in [0.25, 0.3) is 0 Å². The van der Waals surface area contributed by atoms with Crippen LogP contribution in [0.2, 0.25) is 0 Å². The summed E-state index contributed by atoms with van der Waals surface area (Å²) in [7, 11) is 1.52. The zero-order valence-electron chi connectivity index (χ0n) is 17.8. The van der Waals surface area contributed by atoms with Gasteiger partial charge < -0.3 is 32.2 Å². The molecule has 11 heteroatoms. The summed E-state index contributed by atoms with van der Waals surface area (Å²) in [5.74, 6) is -1.20. The summed E-state index contributed by atoms with van der Waals surface area (Å²) < 4.78 is 18.1. The Labute approximate surface area is 185 Å². The Kier molecular flexibility index (Phi) is 7.21. The van der Waals surface area contributed by atoms with Gasteiger partial charge in [0, 0.05) is 25.8 Å². The number of amides is 1. The summed E-state index contributed by atoms with van der Waals surface area (Å²) in [6.07, 6.45) is 6.29. The molecule has 3 rings (SSSR count). The molecule has 0 radical (unpaired) electrons. The zero-order chi connectivity index (χ0) is 23.1. The number of rotatable bonds is 8. The smallest absolute Gasteiger partial charge is 0.316 e. The van der Waals surface area contributed by atoms with E-state index in [1.165, 1.54) is 37.6 Å². The van der Waals surface area contributed by atoms with Gasteiger partial charge in [-0.2, -0.15) is 0 Å². The summed E-state index contributed by atoms with van der Waals surface area (Å²) in [4.78, 5) is 26.6. The lowest BCUT2D eigenvalue weighted by Gasteiger charge is -2.42. The lowest BCUT2D eigenvalue weighted by Crippen LogP contribution is -2.56. The summed E-state index contributed by atoms with van der Waals surface area (Å²) in [6.45, 7) is 1.76. The first-order valence-corrected chi connectivity index (χ1v) is 10.0. The molecule has 170 valence electrons. The Morgan fingerprint density at radius 2 is 1.88 bits per heavy atom. The predicted octanol–water partition coefficient (Wildman–Crippen LogP) is 0.570. The highest BCUT2D eigenvalue weighted by molar-refractivity contribution is 6.20. The van der Waals surface area contributed by atoms with Crippen LogP contribution in [0.3, 0.4) is 0 Å². The predicted molar refractivity (Wildman–Crippen MR) is 120 cm³/mol. The average molecular weight is 442 g/mol. The number of aliphatic imine (C=N–C) groups is 1. The highest BCUT2D eigenvalue weighted by atomic mass is 19.1. The van der Waals surface area contributed by atoms with Crippen LogP contribution in [-0.2, 0) is 4.79 Å². The molecule has 7 N–H and O–H groups in total. The van der Waals surface area contributed by atoms with Crippen molar-refractivity contribution in [3.63, 3.8) is 0 Å². The number of nitrogens with one attached hydrogen (secondary N) is 1. The molecule has 0 spiro atoms. The number of nitrogens with two attached hydrogens (primary N) is 3. The Morgan fingerprint density at radius 1 is 1.25 bits per heavy atom. The number of hydrogen-bond donors (Lipinski definition) is 4. The van der Waals surface area contributed by atoms with E-state index in [4.69, 9.17) is 21.9 Å². The van der Waals surface area contributed by atoms with E-state index in [0.717, 1.165) is 5.69 Å². The van der Waals surface area contributed by atoms with Crippen LogP contribution in [0.1, 0.15) is 12.8 Å². The van der Waals surface area contributed by atoms with Crippen LogP contribution in [0, 0.1) is 5.82 Å². The third-order valence-corrected chi connectivity index (χ3v) is 5.41. The maximum absolute atomic E-state index is 13.1. The lowest BCUT2D eigenvalue weighted by atomic mass is 9.87. The zero-order valence-corrected chi connectivity index (χ0v) is 17.8. The quantitative estimate of drug-likeness (QED) is 0.262. The fourth-order valence-corrected chi connectivity index (χ4v) is 3.39. The van der Waals surface area contributed by atoms with Crippen LogP contribution in [0.5, 0.6) is 6.01 Å². The summed E-state index contributed by atoms with van der Waals surface area (Å²) in [5, 5.41) is 3.25. The number of amidine groups is 1. The van der Waals surface area contributed by atoms with Crippen molar-refractivity contribution in [3.8, 4) is 6.01 Å². The Hall–Kier alpha value is -3.73. The molecule has 1 saturated heterocycles. The second kappa shape index (κ2) is 10.1. The van der Waals surface area contributed by atoms with Crippen LogP contribution < -0.4 is 32.2 Å². The summed E-state index contributed by atoms with van der Waals surface area (Å²) in [5.41, 5.74) is 18.4. The molecule has 0 aliphatic carbocycles. The number of carbonyl (C=O) groups is 1. The minimum absolute atomic E-state index is 0.0214. The number of anilines is 1. The van der Waals surface area contributed by atoms with E-state index in [9.17, 15) is 9.18 Å². The van der Waals surface area contributed by atoms with Gasteiger partial charge >= 0.3 is 6.01 Å². The molecule has 0 saturated carbocycles. The number of nitrogens with zero attached hydrogens (tertiary/aromatic N) is 4. The molecule has 1 amide bonds. The van der Waals surface area contributed by atoms with Crippen molar-refractivity contribution in [1.82, 2.24) is 15.3 Å².